The molecular weight excluding hydrogens is 278 g/mol. The van der Waals surface area contributed by atoms with Crippen LogP contribution in [-0.4, -0.2) is 45.9 Å². The number of hydrogen-bond acceptors (Lipinski definition) is 4. The van der Waals surface area contributed by atoms with Crippen molar-refractivity contribution in [1.29, 1.82) is 0 Å². The standard InChI is InChI=1S/C16H21N5O/c1-11-18-10-14(20-11)16(22)19-9-13-5-7-21(2)15(13)12-4-3-6-17-8-12/h3-4,6,8,10,13,15H,5,7,9H2,1-2H3,(H,18,20)(H,19,22)/t13-,15-/m0/s1. The number of nitrogens with one attached hydrogen (secondary N) is 2. The van der Waals surface area contributed by atoms with E-state index in [9.17, 15) is 4.79 Å². The van der Waals surface area contributed by atoms with Gasteiger partial charge in [0.15, 0.2) is 0 Å². The van der Waals surface area contributed by atoms with Crippen LogP contribution in [0.4, 0.5) is 0 Å². The Morgan fingerprint density at radius 2 is 2.36 bits per heavy atom. The number of nitrogens with zero attached hydrogens (tertiary/aromatic N) is 3. The molecule has 1 amide bonds. The summed E-state index contributed by atoms with van der Waals surface area (Å²) >= 11 is 0. The molecule has 0 radical (unpaired) electrons. The van der Waals surface area contributed by atoms with E-state index in [-0.39, 0.29) is 5.91 Å². The number of imidazole rings is 1. The fourth-order valence-corrected chi connectivity index (χ4v) is 3.17. The summed E-state index contributed by atoms with van der Waals surface area (Å²) in [5.41, 5.74) is 1.72. The van der Waals surface area contributed by atoms with E-state index >= 15 is 0 Å². The van der Waals surface area contributed by atoms with Crippen molar-refractivity contribution in [2.45, 2.75) is 19.4 Å². The van der Waals surface area contributed by atoms with Crippen molar-refractivity contribution < 1.29 is 4.79 Å². The zero-order chi connectivity index (χ0) is 15.5. The van der Waals surface area contributed by atoms with Gasteiger partial charge in [0.1, 0.15) is 11.5 Å². The summed E-state index contributed by atoms with van der Waals surface area (Å²) in [6, 6.07) is 4.37. The van der Waals surface area contributed by atoms with E-state index in [1.54, 1.807) is 12.4 Å². The molecule has 0 aromatic carbocycles. The van der Waals surface area contributed by atoms with Gasteiger partial charge in [-0.15, -0.1) is 0 Å². The van der Waals surface area contributed by atoms with Crippen molar-refractivity contribution in [3.05, 3.63) is 47.8 Å². The lowest BCUT2D eigenvalue weighted by molar-refractivity contribution is 0.0939. The quantitative estimate of drug-likeness (QED) is 0.898. The molecule has 6 heteroatoms. The molecular formula is C16H21N5O. The molecule has 0 spiro atoms. The summed E-state index contributed by atoms with van der Waals surface area (Å²) in [6.45, 7) is 3.52. The van der Waals surface area contributed by atoms with E-state index in [1.807, 2.05) is 19.2 Å². The van der Waals surface area contributed by atoms with Gasteiger partial charge in [0, 0.05) is 25.0 Å². The van der Waals surface area contributed by atoms with Crippen LogP contribution in [0, 0.1) is 12.8 Å². The maximum Gasteiger partial charge on any atom is 0.269 e. The van der Waals surface area contributed by atoms with Crippen LogP contribution < -0.4 is 5.32 Å². The molecule has 0 aliphatic carbocycles. The van der Waals surface area contributed by atoms with Crippen LogP contribution in [0.3, 0.4) is 0 Å². The van der Waals surface area contributed by atoms with Crippen LogP contribution >= 0.6 is 0 Å². The largest absolute Gasteiger partial charge is 0.350 e. The molecule has 6 nitrogen and oxygen atoms in total. The molecule has 116 valence electrons. The van der Waals surface area contributed by atoms with E-state index in [0.29, 0.717) is 24.2 Å². The monoisotopic (exact) mass is 299 g/mol. The summed E-state index contributed by atoms with van der Waals surface area (Å²) in [7, 11) is 2.12. The Kier molecular flexibility index (Phi) is 4.20. The molecule has 22 heavy (non-hydrogen) atoms. The number of rotatable bonds is 4. The highest BCUT2D eigenvalue weighted by Crippen LogP contribution is 2.35. The highest BCUT2D eigenvalue weighted by atomic mass is 16.1. The molecule has 0 bridgehead atoms. The third-order valence-electron chi connectivity index (χ3n) is 4.27. The van der Waals surface area contributed by atoms with Crippen LogP contribution in [0.15, 0.2) is 30.7 Å². The maximum absolute atomic E-state index is 12.1. The van der Waals surface area contributed by atoms with Gasteiger partial charge in [0.2, 0.25) is 0 Å². The summed E-state index contributed by atoms with van der Waals surface area (Å²) in [6.07, 6.45) is 6.34. The lowest BCUT2D eigenvalue weighted by Crippen LogP contribution is -2.32. The number of aryl methyl sites for hydroxylation is 1. The van der Waals surface area contributed by atoms with Crippen molar-refractivity contribution in [2.24, 2.45) is 5.92 Å². The van der Waals surface area contributed by atoms with E-state index in [2.05, 4.69) is 38.3 Å². The average Bonchev–Trinajstić information content (AvgIpc) is 3.12. The molecule has 0 unspecified atom stereocenters. The first kappa shape index (κ1) is 14.7. The summed E-state index contributed by atoms with van der Waals surface area (Å²) in [5.74, 6) is 1.04. The van der Waals surface area contributed by atoms with Crippen molar-refractivity contribution in [2.75, 3.05) is 20.1 Å². The normalized spacial score (nSPS) is 21.9. The summed E-state index contributed by atoms with van der Waals surface area (Å²) < 4.78 is 0. The van der Waals surface area contributed by atoms with Gasteiger partial charge in [0.25, 0.3) is 5.91 Å². The number of likely N-dealkylation sites (tertiary alicyclic amines) is 1. The molecule has 2 aromatic rings. The lowest BCUT2D eigenvalue weighted by atomic mass is 9.95. The highest BCUT2D eigenvalue weighted by molar-refractivity contribution is 5.92. The second kappa shape index (κ2) is 6.27. The van der Waals surface area contributed by atoms with Gasteiger partial charge in [0.05, 0.1) is 6.20 Å². The summed E-state index contributed by atoms with van der Waals surface area (Å²) in [5, 5.41) is 3.02. The van der Waals surface area contributed by atoms with Gasteiger partial charge in [-0.3, -0.25) is 14.7 Å². The van der Waals surface area contributed by atoms with E-state index in [0.717, 1.165) is 18.8 Å². The van der Waals surface area contributed by atoms with E-state index < -0.39 is 0 Å². The number of H-pyrrole nitrogens is 1. The molecule has 1 aliphatic heterocycles. The van der Waals surface area contributed by atoms with Crippen LogP contribution in [0.2, 0.25) is 0 Å². The van der Waals surface area contributed by atoms with Crippen molar-refractivity contribution in [1.82, 2.24) is 25.2 Å². The molecule has 3 rings (SSSR count). The minimum Gasteiger partial charge on any atom is -0.350 e. The van der Waals surface area contributed by atoms with Crippen molar-refractivity contribution in [3.8, 4) is 0 Å². The molecule has 1 fully saturated rings. The second-order valence-electron chi connectivity index (χ2n) is 5.85. The van der Waals surface area contributed by atoms with Crippen LogP contribution in [-0.2, 0) is 0 Å². The van der Waals surface area contributed by atoms with E-state index in [4.69, 9.17) is 0 Å². The highest BCUT2D eigenvalue weighted by Gasteiger charge is 2.33. The SMILES string of the molecule is Cc1ncc(C(=O)NC[C@@H]2CCN(C)[C@H]2c2cccnc2)[nH]1. The first-order valence-electron chi connectivity index (χ1n) is 7.55. The Balaban J connectivity index is 1.65. The Hall–Kier alpha value is -2.21. The number of carbonyl (C=O) groups is 1. The third-order valence-corrected chi connectivity index (χ3v) is 4.27. The Morgan fingerprint density at radius 3 is 3.05 bits per heavy atom. The first-order valence-corrected chi connectivity index (χ1v) is 7.55. The van der Waals surface area contributed by atoms with Gasteiger partial charge in [-0.25, -0.2) is 4.98 Å². The van der Waals surface area contributed by atoms with Crippen molar-refractivity contribution >= 4 is 5.91 Å². The van der Waals surface area contributed by atoms with Gasteiger partial charge < -0.3 is 10.3 Å². The van der Waals surface area contributed by atoms with Crippen molar-refractivity contribution in [3.63, 3.8) is 0 Å². The minimum atomic E-state index is -0.0971. The number of aromatic nitrogens is 3. The van der Waals surface area contributed by atoms with Gasteiger partial charge >= 0.3 is 0 Å². The molecule has 3 heterocycles. The molecule has 2 aromatic heterocycles. The summed E-state index contributed by atoms with van der Waals surface area (Å²) in [4.78, 5) is 25.7. The van der Waals surface area contributed by atoms with Gasteiger partial charge in [-0.1, -0.05) is 6.07 Å². The predicted molar refractivity (Wildman–Crippen MR) is 83.4 cm³/mol. The predicted octanol–water partition coefficient (Wildman–Crippen LogP) is 1.54. The number of aromatic amines is 1. The first-order chi connectivity index (χ1) is 10.6. The van der Waals surface area contributed by atoms with Gasteiger partial charge in [-0.2, -0.15) is 0 Å². The number of pyridine rings is 1. The number of hydrogen-bond donors (Lipinski definition) is 2. The molecule has 1 aliphatic rings. The maximum atomic E-state index is 12.1. The zero-order valence-electron chi connectivity index (χ0n) is 12.9. The molecule has 2 N–H and O–H groups in total. The van der Waals surface area contributed by atoms with Gasteiger partial charge in [-0.05, 0) is 44.5 Å². The fraction of sp³-hybridized carbons (Fsp3) is 0.438. The van der Waals surface area contributed by atoms with Crippen LogP contribution in [0.1, 0.15) is 34.3 Å². The molecule has 2 atom stereocenters. The number of carbonyl (C=O) groups excluding carboxylic acids is 1. The lowest BCUT2D eigenvalue weighted by Gasteiger charge is -2.25. The smallest absolute Gasteiger partial charge is 0.269 e. The number of amides is 1. The zero-order valence-corrected chi connectivity index (χ0v) is 12.9. The second-order valence-corrected chi connectivity index (χ2v) is 5.85. The van der Waals surface area contributed by atoms with Crippen LogP contribution in [0.5, 0.6) is 0 Å². The Bertz CT molecular complexity index is 639. The van der Waals surface area contributed by atoms with E-state index in [1.165, 1.54) is 5.56 Å². The topological polar surface area (TPSA) is 73.9 Å². The average molecular weight is 299 g/mol. The Labute approximate surface area is 130 Å². The third kappa shape index (κ3) is 3.01. The Morgan fingerprint density at radius 1 is 1.50 bits per heavy atom. The van der Waals surface area contributed by atoms with Crippen LogP contribution in [0.25, 0.3) is 0 Å². The molecule has 1 saturated heterocycles. The molecule has 0 saturated carbocycles. The minimum absolute atomic E-state index is 0.0971. The fourth-order valence-electron chi connectivity index (χ4n) is 3.17.